The van der Waals surface area contributed by atoms with Crippen molar-refractivity contribution in [3.8, 4) is 5.69 Å². The van der Waals surface area contributed by atoms with E-state index in [0.29, 0.717) is 17.9 Å². The highest BCUT2D eigenvalue weighted by molar-refractivity contribution is 5.92. The van der Waals surface area contributed by atoms with E-state index in [4.69, 9.17) is 0 Å². The first-order valence-corrected chi connectivity index (χ1v) is 8.34. The van der Waals surface area contributed by atoms with E-state index in [1.54, 1.807) is 23.0 Å². The van der Waals surface area contributed by atoms with E-state index in [0.717, 1.165) is 19.3 Å². The van der Waals surface area contributed by atoms with Gasteiger partial charge < -0.3 is 5.32 Å². The number of carbonyl (C=O) groups excluding carboxylic acids is 1. The van der Waals surface area contributed by atoms with Gasteiger partial charge in [0.2, 0.25) is 0 Å². The molecule has 4 nitrogen and oxygen atoms in total. The SMILES string of the molecule is O=C(NCCCCc1ccccc1)c1cncn1-c1ccc(F)cc1. The van der Waals surface area contributed by atoms with Gasteiger partial charge in [0.25, 0.3) is 5.91 Å². The lowest BCUT2D eigenvalue weighted by Gasteiger charge is -2.09. The number of halogens is 1. The van der Waals surface area contributed by atoms with E-state index in [9.17, 15) is 9.18 Å². The third-order valence-electron chi connectivity index (χ3n) is 4.00. The normalized spacial score (nSPS) is 10.6. The zero-order valence-corrected chi connectivity index (χ0v) is 13.9. The maximum Gasteiger partial charge on any atom is 0.269 e. The molecule has 5 heteroatoms. The summed E-state index contributed by atoms with van der Waals surface area (Å²) in [4.78, 5) is 16.4. The first-order chi connectivity index (χ1) is 12.2. The lowest BCUT2D eigenvalue weighted by molar-refractivity contribution is 0.0946. The molecule has 0 aliphatic carbocycles. The Morgan fingerprint density at radius 3 is 2.56 bits per heavy atom. The number of benzene rings is 2. The summed E-state index contributed by atoms with van der Waals surface area (Å²) >= 11 is 0. The van der Waals surface area contributed by atoms with Crippen LogP contribution in [0.1, 0.15) is 28.9 Å². The number of unbranched alkanes of at least 4 members (excludes halogenated alkanes) is 1. The largest absolute Gasteiger partial charge is 0.351 e. The van der Waals surface area contributed by atoms with E-state index in [-0.39, 0.29) is 11.7 Å². The second-order valence-corrected chi connectivity index (χ2v) is 5.82. The molecule has 0 radical (unpaired) electrons. The zero-order valence-electron chi connectivity index (χ0n) is 13.9. The molecule has 2 aromatic carbocycles. The highest BCUT2D eigenvalue weighted by atomic mass is 19.1. The monoisotopic (exact) mass is 337 g/mol. The van der Waals surface area contributed by atoms with E-state index in [1.165, 1.54) is 23.9 Å². The topological polar surface area (TPSA) is 46.9 Å². The van der Waals surface area contributed by atoms with Gasteiger partial charge in [0.15, 0.2) is 0 Å². The van der Waals surface area contributed by atoms with Crippen molar-refractivity contribution < 1.29 is 9.18 Å². The molecule has 1 heterocycles. The molecular formula is C20H20FN3O. The van der Waals surface area contributed by atoms with Gasteiger partial charge in [-0.25, -0.2) is 9.37 Å². The van der Waals surface area contributed by atoms with Crippen LogP contribution in [0, 0.1) is 5.82 Å². The van der Waals surface area contributed by atoms with Crippen molar-refractivity contribution in [3.05, 3.63) is 84.2 Å². The van der Waals surface area contributed by atoms with Crippen LogP contribution in [0.25, 0.3) is 5.69 Å². The summed E-state index contributed by atoms with van der Waals surface area (Å²) in [5.74, 6) is -0.491. The summed E-state index contributed by atoms with van der Waals surface area (Å²) in [5.41, 5.74) is 2.45. The highest BCUT2D eigenvalue weighted by Gasteiger charge is 2.12. The Balaban J connectivity index is 1.50. The maximum atomic E-state index is 13.0. The number of imidazole rings is 1. The van der Waals surface area contributed by atoms with Crippen LogP contribution in [0.3, 0.4) is 0 Å². The zero-order chi connectivity index (χ0) is 17.5. The Bertz CT molecular complexity index is 812. The number of aryl methyl sites for hydroxylation is 1. The highest BCUT2D eigenvalue weighted by Crippen LogP contribution is 2.12. The van der Waals surface area contributed by atoms with Gasteiger partial charge in [0.05, 0.1) is 12.5 Å². The van der Waals surface area contributed by atoms with Crippen LogP contribution in [-0.4, -0.2) is 22.0 Å². The van der Waals surface area contributed by atoms with Gasteiger partial charge in [-0.1, -0.05) is 30.3 Å². The first-order valence-electron chi connectivity index (χ1n) is 8.34. The Morgan fingerprint density at radius 1 is 1.04 bits per heavy atom. The lowest BCUT2D eigenvalue weighted by Crippen LogP contribution is -2.26. The fraction of sp³-hybridized carbons (Fsp3) is 0.200. The molecule has 0 saturated heterocycles. The molecule has 128 valence electrons. The maximum absolute atomic E-state index is 13.0. The number of carbonyl (C=O) groups is 1. The first kappa shape index (κ1) is 16.9. The fourth-order valence-electron chi connectivity index (χ4n) is 2.66. The molecule has 1 N–H and O–H groups in total. The summed E-state index contributed by atoms with van der Waals surface area (Å²) in [6.45, 7) is 0.611. The summed E-state index contributed by atoms with van der Waals surface area (Å²) in [6.07, 6.45) is 6.00. The van der Waals surface area contributed by atoms with Crippen LogP contribution in [0.15, 0.2) is 67.1 Å². The van der Waals surface area contributed by atoms with Gasteiger partial charge in [0.1, 0.15) is 11.5 Å². The lowest BCUT2D eigenvalue weighted by atomic mass is 10.1. The number of nitrogens with zero attached hydrogens (tertiary/aromatic N) is 2. The summed E-state index contributed by atoms with van der Waals surface area (Å²) in [6, 6.07) is 16.3. The molecule has 0 unspecified atom stereocenters. The Morgan fingerprint density at radius 2 is 1.80 bits per heavy atom. The number of hydrogen-bond donors (Lipinski definition) is 1. The fourth-order valence-corrected chi connectivity index (χ4v) is 2.66. The Kier molecular flexibility index (Phi) is 5.57. The van der Waals surface area contributed by atoms with E-state index < -0.39 is 0 Å². The van der Waals surface area contributed by atoms with Crippen LogP contribution in [0.2, 0.25) is 0 Å². The number of aromatic nitrogens is 2. The van der Waals surface area contributed by atoms with Gasteiger partial charge >= 0.3 is 0 Å². The van der Waals surface area contributed by atoms with Gasteiger partial charge in [-0.3, -0.25) is 9.36 Å². The van der Waals surface area contributed by atoms with Crippen molar-refractivity contribution in [2.24, 2.45) is 0 Å². The quantitative estimate of drug-likeness (QED) is 0.667. The molecule has 3 rings (SSSR count). The summed E-state index contributed by atoms with van der Waals surface area (Å²) < 4.78 is 14.7. The minimum absolute atomic E-state index is 0.179. The third kappa shape index (κ3) is 4.53. The van der Waals surface area contributed by atoms with E-state index >= 15 is 0 Å². The second-order valence-electron chi connectivity index (χ2n) is 5.82. The Labute approximate surface area is 146 Å². The molecule has 0 fully saturated rings. The average Bonchev–Trinajstić information content (AvgIpc) is 3.12. The molecule has 0 saturated carbocycles. The van der Waals surface area contributed by atoms with Crippen molar-refractivity contribution in [2.45, 2.75) is 19.3 Å². The minimum Gasteiger partial charge on any atom is -0.351 e. The minimum atomic E-state index is -0.312. The molecule has 25 heavy (non-hydrogen) atoms. The smallest absolute Gasteiger partial charge is 0.269 e. The average molecular weight is 337 g/mol. The van der Waals surface area contributed by atoms with Crippen LogP contribution in [0.4, 0.5) is 4.39 Å². The van der Waals surface area contributed by atoms with E-state index in [1.807, 2.05) is 18.2 Å². The van der Waals surface area contributed by atoms with Crippen molar-refractivity contribution in [2.75, 3.05) is 6.54 Å². The van der Waals surface area contributed by atoms with Crippen molar-refractivity contribution in [3.63, 3.8) is 0 Å². The summed E-state index contributed by atoms with van der Waals surface area (Å²) in [7, 11) is 0. The van der Waals surface area contributed by atoms with Crippen LogP contribution >= 0.6 is 0 Å². The molecule has 3 aromatic rings. The molecule has 0 bridgehead atoms. The standard InChI is InChI=1S/C20H20FN3O/c21-17-9-11-18(12-10-17)24-15-22-14-19(24)20(25)23-13-5-4-8-16-6-2-1-3-7-16/h1-3,6-7,9-12,14-15H,4-5,8,13H2,(H,23,25). The predicted molar refractivity (Wildman–Crippen MR) is 95.2 cm³/mol. The van der Waals surface area contributed by atoms with Crippen molar-refractivity contribution >= 4 is 5.91 Å². The second kappa shape index (κ2) is 8.24. The van der Waals surface area contributed by atoms with Crippen LogP contribution in [-0.2, 0) is 6.42 Å². The third-order valence-corrected chi connectivity index (χ3v) is 4.00. The van der Waals surface area contributed by atoms with E-state index in [2.05, 4.69) is 22.4 Å². The number of amides is 1. The molecule has 0 atom stereocenters. The molecule has 0 aliphatic heterocycles. The van der Waals surface area contributed by atoms with Crippen LogP contribution in [0.5, 0.6) is 0 Å². The van der Waals surface area contributed by atoms with Gasteiger partial charge in [-0.15, -0.1) is 0 Å². The van der Waals surface area contributed by atoms with Crippen molar-refractivity contribution in [1.29, 1.82) is 0 Å². The molecule has 1 amide bonds. The van der Waals surface area contributed by atoms with Crippen molar-refractivity contribution in [1.82, 2.24) is 14.9 Å². The Hall–Kier alpha value is -2.95. The number of nitrogens with one attached hydrogen (secondary N) is 1. The van der Waals surface area contributed by atoms with Crippen LogP contribution < -0.4 is 5.32 Å². The molecular weight excluding hydrogens is 317 g/mol. The van der Waals surface area contributed by atoms with Gasteiger partial charge in [-0.2, -0.15) is 0 Å². The summed E-state index contributed by atoms with van der Waals surface area (Å²) in [5, 5.41) is 2.92. The molecule has 1 aromatic heterocycles. The molecule has 0 spiro atoms. The predicted octanol–water partition coefficient (Wildman–Crippen LogP) is 3.76. The van der Waals surface area contributed by atoms with Gasteiger partial charge in [0, 0.05) is 12.2 Å². The van der Waals surface area contributed by atoms with Gasteiger partial charge in [-0.05, 0) is 49.1 Å². The molecule has 0 aliphatic rings. The number of hydrogen-bond acceptors (Lipinski definition) is 2. The number of rotatable bonds is 7.